The van der Waals surface area contributed by atoms with Gasteiger partial charge in [0.05, 0.1) is 172 Å². The predicted molar refractivity (Wildman–Crippen MR) is 161 cm³/mol. The second-order valence-corrected chi connectivity index (χ2v) is 8.94. The maximum absolute atomic E-state index is 10.3. The Morgan fingerprint density at radius 1 is 0.261 bits per heavy atom. The number of hydrogen-bond donors (Lipinski definition) is 2. The largest absolute Gasteiger partial charge is 0.481 e. The molecule has 0 bridgehead atoms. The molecule has 0 spiro atoms. The van der Waals surface area contributed by atoms with E-state index >= 15 is 0 Å². The highest BCUT2D eigenvalue weighted by Crippen LogP contribution is 1.88. The van der Waals surface area contributed by atoms with E-state index in [-0.39, 0.29) is 26.2 Å². The minimum Gasteiger partial charge on any atom is -0.481 e. The van der Waals surface area contributed by atoms with Crippen LogP contribution in [0.5, 0.6) is 0 Å². The predicted octanol–water partition coefficient (Wildman–Crippen LogP) is -0.238. The van der Waals surface area contributed by atoms with Gasteiger partial charge in [0.2, 0.25) is 0 Å². The summed E-state index contributed by atoms with van der Waals surface area (Å²) in [6, 6.07) is 0. The van der Waals surface area contributed by atoms with Crippen molar-refractivity contribution < 1.29 is 81.4 Å². The van der Waals surface area contributed by atoms with E-state index in [9.17, 15) is 9.59 Å². The van der Waals surface area contributed by atoms with Crippen molar-refractivity contribution in [1.29, 1.82) is 0 Å². The van der Waals surface area contributed by atoms with Gasteiger partial charge in [0.15, 0.2) is 0 Å². The summed E-state index contributed by atoms with van der Waals surface area (Å²) in [7, 11) is 0. The fourth-order valence-electron chi connectivity index (χ4n) is 2.96. The van der Waals surface area contributed by atoms with Crippen molar-refractivity contribution >= 4 is 11.9 Å². The zero-order chi connectivity index (χ0) is 33.4. The van der Waals surface area contributed by atoms with Gasteiger partial charge < -0.3 is 71.8 Å². The molecule has 0 aliphatic carbocycles. The summed E-state index contributed by atoms with van der Waals surface area (Å²) in [5.41, 5.74) is 0. The molecule has 0 aliphatic heterocycles. The molecule has 0 saturated carbocycles. The Hall–Kier alpha value is -1.58. The van der Waals surface area contributed by atoms with Gasteiger partial charge in [0, 0.05) is 0 Å². The van der Waals surface area contributed by atoms with Crippen molar-refractivity contribution in [2.24, 2.45) is 0 Å². The van der Waals surface area contributed by atoms with Crippen LogP contribution in [0.1, 0.15) is 6.42 Å². The third kappa shape index (κ3) is 42.4. The van der Waals surface area contributed by atoms with Crippen LogP contribution in [0.2, 0.25) is 0 Å². The molecule has 0 fully saturated rings. The lowest BCUT2D eigenvalue weighted by Crippen LogP contribution is -2.16. The van der Waals surface area contributed by atoms with Crippen molar-refractivity contribution in [3.63, 3.8) is 0 Å². The fourth-order valence-corrected chi connectivity index (χ4v) is 2.96. The number of rotatable bonds is 41. The second-order valence-electron chi connectivity index (χ2n) is 8.94. The first-order valence-electron chi connectivity index (χ1n) is 15.6. The Bertz CT molecular complexity index is 577. The summed E-state index contributed by atoms with van der Waals surface area (Å²) >= 11 is 0. The molecule has 0 aliphatic rings. The number of carbonyl (C=O) groups is 2. The molecule has 0 aromatic rings. The molecule has 17 heteroatoms. The Morgan fingerprint density at radius 3 is 0.609 bits per heavy atom. The van der Waals surface area contributed by atoms with Crippen molar-refractivity contribution in [1.82, 2.24) is 0 Å². The molecular formula is C29H56O17. The molecule has 274 valence electrons. The highest BCUT2D eigenvalue weighted by molar-refractivity contribution is 5.68. The first-order valence-corrected chi connectivity index (χ1v) is 15.6. The molecule has 0 rings (SSSR count). The van der Waals surface area contributed by atoms with Gasteiger partial charge in [0.1, 0.15) is 6.61 Å². The summed E-state index contributed by atoms with van der Waals surface area (Å²) in [5, 5.41) is 16.9. The SMILES string of the molecule is O=C(O)CCOCCOCCOCCOCCOCCOCCOCCOCCOCCOCCOCCOCCOCC(=O)O. The van der Waals surface area contributed by atoms with Crippen LogP contribution < -0.4 is 0 Å². The molecule has 2 N–H and O–H groups in total. The van der Waals surface area contributed by atoms with Crippen LogP contribution in [0, 0.1) is 0 Å². The molecule has 0 saturated heterocycles. The maximum Gasteiger partial charge on any atom is 0.329 e. The average molecular weight is 677 g/mol. The lowest BCUT2D eigenvalue weighted by atomic mass is 10.5. The Labute approximate surface area is 271 Å². The van der Waals surface area contributed by atoms with E-state index in [1.54, 1.807) is 0 Å². The molecule has 0 amide bonds. The third-order valence-corrected chi connectivity index (χ3v) is 5.15. The standard InChI is InChI=1S/C29H56O17/c30-28(31)1-2-34-3-4-35-5-6-36-7-8-37-9-10-38-11-12-39-13-14-40-15-16-41-17-18-42-19-20-43-21-22-44-23-24-45-25-26-46-27-29(32)33/h1-27H2,(H,30,31)(H,32,33). The van der Waals surface area contributed by atoms with E-state index in [4.69, 9.17) is 71.8 Å². The normalized spacial score (nSPS) is 11.4. The number of carboxylic acid groups (broad SMARTS) is 2. The minimum absolute atomic E-state index is 0.00763. The first kappa shape index (κ1) is 44.4. The fraction of sp³-hybridized carbons (Fsp3) is 0.931. The van der Waals surface area contributed by atoms with E-state index in [1.165, 1.54) is 0 Å². The van der Waals surface area contributed by atoms with E-state index in [1.807, 2.05) is 0 Å². The van der Waals surface area contributed by atoms with Crippen LogP contribution >= 0.6 is 0 Å². The molecule has 0 unspecified atom stereocenters. The smallest absolute Gasteiger partial charge is 0.329 e. The zero-order valence-corrected chi connectivity index (χ0v) is 27.1. The summed E-state index contributed by atoms with van der Waals surface area (Å²) < 4.78 is 69.3. The van der Waals surface area contributed by atoms with Crippen molar-refractivity contribution in [3.8, 4) is 0 Å². The monoisotopic (exact) mass is 676 g/mol. The topological polar surface area (TPSA) is 195 Å². The Morgan fingerprint density at radius 2 is 0.435 bits per heavy atom. The van der Waals surface area contributed by atoms with Crippen LogP contribution in [-0.2, 0) is 71.2 Å². The minimum atomic E-state index is -1.00. The zero-order valence-electron chi connectivity index (χ0n) is 27.1. The summed E-state index contributed by atoms with van der Waals surface area (Å²) in [5.74, 6) is -1.88. The highest BCUT2D eigenvalue weighted by atomic mass is 16.6. The number of aliphatic carboxylic acids is 2. The quantitative estimate of drug-likeness (QED) is 0.0805. The van der Waals surface area contributed by atoms with Crippen molar-refractivity contribution in [2.75, 3.05) is 172 Å². The molecular weight excluding hydrogens is 620 g/mol. The van der Waals surface area contributed by atoms with Gasteiger partial charge in [-0.15, -0.1) is 0 Å². The van der Waals surface area contributed by atoms with E-state index < -0.39 is 11.9 Å². The summed E-state index contributed by atoms with van der Waals surface area (Å²) in [6.45, 7) is 10.5. The van der Waals surface area contributed by atoms with Crippen molar-refractivity contribution in [3.05, 3.63) is 0 Å². The van der Waals surface area contributed by atoms with Crippen LogP contribution in [0.3, 0.4) is 0 Å². The lowest BCUT2D eigenvalue weighted by molar-refractivity contribution is -0.143. The summed E-state index contributed by atoms with van der Waals surface area (Å²) in [4.78, 5) is 20.6. The Balaban J connectivity index is 3.05. The van der Waals surface area contributed by atoms with Gasteiger partial charge in [-0.25, -0.2) is 4.79 Å². The van der Waals surface area contributed by atoms with Gasteiger partial charge >= 0.3 is 11.9 Å². The first-order chi connectivity index (χ1) is 22.6. The van der Waals surface area contributed by atoms with E-state index in [0.29, 0.717) is 152 Å². The number of carboxylic acids is 2. The highest BCUT2D eigenvalue weighted by Gasteiger charge is 1.99. The number of hydrogen-bond acceptors (Lipinski definition) is 15. The molecule has 0 atom stereocenters. The lowest BCUT2D eigenvalue weighted by Gasteiger charge is -2.09. The van der Waals surface area contributed by atoms with Crippen LogP contribution in [0.4, 0.5) is 0 Å². The average Bonchev–Trinajstić information content (AvgIpc) is 3.03. The van der Waals surface area contributed by atoms with E-state index in [2.05, 4.69) is 0 Å². The van der Waals surface area contributed by atoms with Crippen molar-refractivity contribution in [2.45, 2.75) is 6.42 Å². The van der Waals surface area contributed by atoms with Gasteiger partial charge in [-0.05, 0) is 0 Å². The van der Waals surface area contributed by atoms with Gasteiger partial charge in [0.25, 0.3) is 0 Å². The maximum atomic E-state index is 10.3. The van der Waals surface area contributed by atoms with Crippen LogP contribution in [-0.4, -0.2) is 194 Å². The molecule has 0 aromatic carbocycles. The number of ether oxygens (including phenoxy) is 13. The van der Waals surface area contributed by atoms with Gasteiger partial charge in [-0.1, -0.05) is 0 Å². The molecule has 46 heavy (non-hydrogen) atoms. The van der Waals surface area contributed by atoms with E-state index in [0.717, 1.165) is 0 Å². The molecule has 0 aromatic heterocycles. The third-order valence-electron chi connectivity index (χ3n) is 5.15. The van der Waals surface area contributed by atoms with Gasteiger partial charge in [-0.2, -0.15) is 0 Å². The van der Waals surface area contributed by atoms with Crippen LogP contribution in [0.25, 0.3) is 0 Å². The van der Waals surface area contributed by atoms with Crippen LogP contribution in [0.15, 0.2) is 0 Å². The summed E-state index contributed by atoms with van der Waals surface area (Å²) in [6.07, 6.45) is -0.00763. The molecule has 0 heterocycles. The Kier molecular flexibility index (Phi) is 38.2. The molecule has 0 radical (unpaired) electrons. The van der Waals surface area contributed by atoms with Gasteiger partial charge in [-0.3, -0.25) is 4.79 Å². The second kappa shape index (κ2) is 39.6. The molecule has 17 nitrogen and oxygen atoms in total.